The SMILES string of the molecule is CC(=O)N[C@H]1[C@H]2OC[C@](COCCOCCOCCOCCn3cc(COCC(COCc4cn(CCOCCOCCOCCOC[C@@]56CO[C@@H](O5)[C@H](NC(C)=O)[C@@H](OC(C)=O)[C@H]6OC(C)=O)nn4)(COCc4cn(CCOCCOCCOCCOC[C@@]56CO[C@@H](O5)[C@H](NC(C)=O)[C@@H](OC(C)=O)[C@H]6OC(C)=O)nn4)NC(=O)CCCCCCC(=O)CCCCCOCc4ccccc4)nn3)(O2)[C@H](OC(C)=O)[C@@H]1OC(C)=O. The van der Waals surface area contributed by atoms with Crippen molar-refractivity contribution in [2.75, 3.05) is 205 Å². The van der Waals surface area contributed by atoms with Gasteiger partial charge in [0.2, 0.25) is 23.6 Å². The van der Waals surface area contributed by atoms with Gasteiger partial charge >= 0.3 is 35.8 Å². The molecule has 4 aromatic rings. The number of carbonyl (C=O) groups is 11. The van der Waals surface area contributed by atoms with E-state index in [1.54, 1.807) is 32.6 Å². The van der Waals surface area contributed by atoms with Crippen LogP contribution in [0.4, 0.5) is 0 Å². The zero-order valence-corrected chi connectivity index (χ0v) is 85.9. The lowest BCUT2D eigenvalue weighted by Crippen LogP contribution is -2.68. The Hall–Kier alpha value is -9.87. The lowest BCUT2D eigenvalue weighted by atomic mass is 9.87. The molecule has 4 amide bonds. The number of aromatic nitrogens is 9. The summed E-state index contributed by atoms with van der Waals surface area (Å²) in [4.78, 5) is 137. The number of hydrogen-bond acceptors (Lipinski definition) is 45. The summed E-state index contributed by atoms with van der Waals surface area (Å²) in [6, 6.07) is 7.15. The number of hydrogen-bond donors (Lipinski definition) is 4. The third-order valence-electron chi connectivity index (χ3n) is 23.6. The minimum atomic E-state index is -1.34. The number of unbranched alkanes of at least 4 members (excludes halogenated alkanes) is 5. The van der Waals surface area contributed by atoms with E-state index in [4.69, 9.17) is 133 Å². The topological polar surface area (TPSA) is 586 Å². The molecule has 6 aliphatic heterocycles. The Morgan fingerprint density at radius 1 is 0.331 bits per heavy atom. The molecule has 6 saturated heterocycles. The Balaban J connectivity index is 0.674. The van der Waals surface area contributed by atoms with Crippen molar-refractivity contribution in [2.45, 2.75) is 269 Å². The summed E-state index contributed by atoms with van der Waals surface area (Å²) < 4.78 is 169. The van der Waals surface area contributed by atoms with Crippen LogP contribution in [0.15, 0.2) is 48.9 Å². The highest BCUT2D eigenvalue weighted by atomic mass is 16.8. The van der Waals surface area contributed by atoms with E-state index in [2.05, 4.69) is 52.2 Å². The average Bonchev–Trinajstić information content (AvgIpc) is 1.59. The summed E-state index contributed by atoms with van der Waals surface area (Å²) in [5.41, 5.74) is -2.79. The standard InChI is InChI=1S/C96H147N13O39/c1-66(110)97-81-84(140-69(4)113)87(143-72(7)116)94(63-137-90(81)146-94)60-131-47-44-127-41-38-124-35-32-121-29-25-107-50-76(101-104-107)54-134-57-93(100-80(120)24-18-11-10-16-22-79(119)23-17-13-19-28-130-53-75-20-14-12-15-21-75,58-135-55-77-51-108(105-102-77)26-30-122-33-36-125-39-42-128-45-48-132-61-95-64-138-91(147-95)82(98-67(2)111)85(141-70(5)114)88(95)144-73(8)117)59-136-56-78-52-109(106-103-78)27-31-123-34-37-126-40-43-129-46-49-133-62-96-65-139-92(148-96)83(99-68(3)112)86(142-71(6)115)89(96)145-74(9)118/h12,14-15,20-21,50-52,81-92H,10-11,13,16-19,22-49,53-65H2,1-9H3,(H,97,110)(H,98,111)(H,99,112)(H,100,120)/t81-,82-,83-,84-,85-,86-,87-,88-,89-,90+,91+,92+,94+,95+,96+/m1/s1. The Morgan fingerprint density at radius 2 is 0.622 bits per heavy atom. The van der Waals surface area contributed by atoms with Crippen LogP contribution in [0.2, 0.25) is 0 Å². The van der Waals surface area contributed by atoms with E-state index in [-0.39, 0.29) is 236 Å². The predicted octanol–water partition coefficient (Wildman–Crippen LogP) is 0.633. The van der Waals surface area contributed by atoms with Gasteiger partial charge in [-0.15, -0.1) is 15.3 Å². The molecule has 52 nitrogen and oxygen atoms in total. The first kappa shape index (κ1) is 120. The molecule has 0 spiro atoms. The monoisotopic (exact) mass is 2110 g/mol. The van der Waals surface area contributed by atoms with E-state index in [0.717, 1.165) is 31.2 Å². The van der Waals surface area contributed by atoms with Crippen molar-refractivity contribution in [1.29, 1.82) is 0 Å². The third-order valence-corrected chi connectivity index (χ3v) is 23.6. The van der Waals surface area contributed by atoms with Crippen molar-refractivity contribution in [2.24, 2.45) is 0 Å². The van der Waals surface area contributed by atoms with Crippen molar-refractivity contribution >= 4 is 65.2 Å². The molecule has 0 unspecified atom stereocenters. The van der Waals surface area contributed by atoms with Crippen molar-refractivity contribution < 1.29 is 185 Å². The average molecular weight is 2110 g/mol. The molecule has 6 fully saturated rings. The first-order valence-electron chi connectivity index (χ1n) is 50.0. The molecule has 0 saturated carbocycles. The second-order valence-electron chi connectivity index (χ2n) is 36.3. The van der Waals surface area contributed by atoms with Gasteiger partial charge in [-0.2, -0.15) is 0 Å². The zero-order chi connectivity index (χ0) is 106. The Morgan fingerprint density at radius 3 is 0.926 bits per heavy atom. The third kappa shape index (κ3) is 41.7. The smallest absolute Gasteiger partial charge is 0.303 e. The summed E-state index contributed by atoms with van der Waals surface area (Å²) in [7, 11) is 0. The fourth-order valence-corrected chi connectivity index (χ4v) is 17.1. The van der Waals surface area contributed by atoms with E-state index in [1.165, 1.54) is 62.3 Å². The van der Waals surface area contributed by atoms with Crippen LogP contribution in [0, 0.1) is 0 Å². The number of ether oxygens (including phenoxy) is 28. The van der Waals surface area contributed by atoms with Crippen LogP contribution >= 0.6 is 0 Å². The van der Waals surface area contributed by atoms with E-state index >= 15 is 0 Å². The van der Waals surface area contributed by atoms with E-state index in [0.29, 0.717) is 82.0 Å². The number of ketones is 1. The molecule has 4 N–H and O–H groups in total. The number of carbonyl (C=O) groups excluding carboxylic acids is 11. The van der Waals surface area contributed by atoms with Crippen LogP contribution < -0.4 is 21.3 Å². The lowest BCUT2D eigenvalue weighted by Gasteiger charge is -2.45. The molecule has 830 valence electrons. The minimum Gasteiger partial charge on any atom is -0.456 e. The maximum Gasteiger partial charge on any atom is 0.303 e. The molecule has 0 radical (unpaired) electrons. The number of fused-ring (bicyclic) bond motifs is 6. The van der Waals surface area contributed by atoms with Gasteiger partial charge in [-0.3, -0.25) is 52.7 Å². The molecule has 52 heteroatoms. The maximum absolute atomic E-state index is 14.4. The van der Waals surface area contributed by atoms with Crippen LogP contribution in [0.3, 0.4) is 0 Å². The highest BCUT2D eigenvalue weighted by Gasteiger charge is 2.67. The molecule has 6 bridgehead atoms. The van der Waals surface area contributed by atoms with Crippen LogP contribution in [0.1, 0.15) is 149 Å². The molecule has 15 atom stereocenters. The van der Waals surface area contributed by atoms with Crippen molar-refractivity contribution in [3.63, 3.8) is 0 Å². The summed E-state index contributed by atoms with van der Waals surface area (Å²) in [6.45, 7) is 17.0. The minimum absolute atomic E-state index is 0.0372. The van der Waals surface area contributed by atoms with Gasteiger partial charge in [0.1, 0.15) is 46.5 Å². The number of esters is 6. The fourth-order valence-electron chi connectivity index (χ4n) is 17.1. The second-order valence-corrected chi connectivity index (χ2v) is 36.3. The van der Waals surface area contributed by atoms with Crippen LogP contribution in [-0.4, -0.2) is 411 Å². The van der Waals surface area contributed by atoms with Gasteiger partial charge < -0.3 is 154 Å². The molecule has 6 aliphatic rings. The quantitative estimate of drug-likeness (QED) is 0.0267. The summed E-state index contributed by atoms with van der Waals surface area (Å²) in [5, 5.41) is 37.2. The Labute approximate surface area is 858 Å². The number of nitrogens with one attached hydrogen (secondary N) is 4. The van der Waals surface area contributed by atoms with E-state index in [1.807, 2.05) is 30.3 Å². The molecule has 148 heavy (non-hydrogen) atoms. The normalized spacial score (nSPS) is 23.2. The Bertz CT molecular complexity index is 4280. The van der Waals surface area contributed by atoms with Gasteiger partial charge in [0.15, 0.2) is 72.3 Å². The highest BCUT2D eigenvalue weighted by Crippen LogP contribution is 2.44. The molecule has 3 aromatic heterocycles. The summed E-state index contributed by atoms with van der Waals surface area (Å²) in [5.74, 6) is -5.32. The van der Waals surface area contributed by atoms with Gasteiger partial charge in [0, 0.05) is 88.2 Å². The zero-order valence-electron chi connectivity index (χ0n) is 85.9. The summed E-state index contributed by atoms with van der Waals surface area (Å²) >= 11 is 0. The second kappa shape index (κ2) is 64.7. The number of rotatable bonds is 79. The van der Waals surface area contributed by atoms with Crippen molar-refractivity contribution in [3.8, 4) is 0 Å². The first-order valence-corrected chi connectivity index (χ1v) is 50.0. The first-order chi connectivity index (χ1) is 71.5. The Kier molecular flexibility index (Phi) is 52.5. The molecule has 9 heterocycles. The van der Waals surface area contributed by atoms with Crippen LogP contribution in [0.25, 0.3) is 0 Å². The van der Waals surface area contributed by atoms with Crippen LogP contribution in [0.5, 0.6) is 0 Å². The van der Waals surface area contributed by atoms with E-state index < -0.39 is 149 Å². The number of benzene rings is 1. The van der Waals surface area contributed by atoms with Crippen molar-refractivity contribution in [1.82, 2.24) is 66.2 Å². The molecule has 1 aromatic carbocycles. The predicted molar refractivity (Wildman–Crippen MR) is 504 cm³/mol. The van der Waals surface area contributed by atoms with Gasteiger partial charge in [-0.05, 0) is 31.2 Å². The maximum atomic E-state index is 14.4. The van der Waals surface area contributed by atoms with Crippen LogP contribution in [-0.2, 0) is 231 Å². The summed E-state index contributed by atoms with van der Waals surface area (Å²) in [6.07, 6.45) is 1.72. The molecular formula is C96H147N13O39. The van der Waals surface area contributed by atoms with Gasteiger partial charge in [-0.1, -0.05) is 65.2 Å². The van der Waals surface area contributed by atoms with Gasteiger partial charge in [0.25, 0.3) is 0 Å². The number of Topliss-reactive ketones (excluding diaryl/α,β-unsaturated/α-hetero) is 1. The van der Waals surface area contributed by atoms with Gasteiger partial charge in [-0.25, -0.2) is 14.0 Å². The molecule has 0 aliphatic carbocycles. The van der Waals surface area contributed by atoms with Gasteiger partial charge in [0.05, 0.1) is 263 Å². The largest absolute Gasteiger partial charge is 0.456 e. The molecule has 10 rings (SSSR count). The fraction of sp³-hybridized carbons (Fsp3) is 0.760. The highest BCUT2D eigenvalue weighted by molar-refractivity contribution is 5.79. The molecular weight excluding hydrogens is 1960 g/mol. The lowest BCUT2D eigenvalue weighted by molar-refractivity contribution is -0.251. The van der Waals surface area contributed by atoms with Crippen molar-refractivity contribution in [3.05, 3.63) is 71.6 Å². The van der Waals surface area contributed by atoms with E-state index in [9.17, 15) is 52.7 Å². The number of nitrogens with zero attached hydrogens (tertiary/aromatic N) is 9. The number of amides is 4.